The van der Waals surface area contributed by atoms with Gasteiger partial charge in [-0.15, -0.1) is 0 Å². The number of amides is 1. The lowest BCUT2D eigenvalue weighted by Crippen LogP contribution is -2.39. The fourth-order valence-corrected chi connectivity index (χ4v) is 4.29. The molecule has 6 nitrogen and oxygen atoms in total. The summed E-state index contributed by atoms with van der Waals surface area (Å²) >= 11 is 6.08. The molecule has 7 heteroatoms. The Morgan fingerprint density at radius 3 is 3.04 bits per heavy atom. The number of aromatic amines is 1. The predicted molar refractivity (Wildman–Crippen MR) is 107 cm³/mol. The molecule has 2 atom stereocenters. The number of hydrogen-bond acceptors (Lipinski definition) is 4. The zero-order valence-electron chi connectivity index (χ0n) is 15.7. The number of H-pyrrole nitrogens is 1. The zero-order valence-corrected chi connectivity index (χ0v) is 16.5. The molecule has 1 aromatic carbocycles. The summed E-state index contributed by atoms with van der Waals surface area (Å²) in [6.07, 6.45) is 4.31. The van der Waals surface area contributed by atoms with Gasteiger partial charge in [0, 0.05) is 59.8 Å². The molecule has 146 valence electrons. The molecule has 0 unspecified atom stereocenters. The van der Waals surface area contributed by atoms with Crippen LogP contribution in [0.25, 0.3) is 10.9 Å². The van der Waals surface area contributed by atoms with Crippen molar-refractivity contribution in [1.82, 2.24) is 20.4 Å². The van der Waals surface area contributed by atoms with Crippen LogP contribution in [-0.4, -0.2) is 40.1 Å². The van der Waals surface area contributed by atoms with Crippen molar-refractivity contribution in [3.63, 3.8) is 0 Å². The molecule has 0 spiro atoms. The Balaban J connectivity index is 1.23. The Morgan fingerprint density at radius 2 is 2.21 bits per heavy atom. The number of fused-ring (bicyclic) bond motifs is 1. The molecule has 28 heavy (non-hydrogen) atoms. The zero-order chi connectivity index (χ0) is 19.3. The van der Waals surface area contributed by atoms with Gasteiger partial charge in [0.1, 0.15) is 5.76 Å². The van der Waals surface area contributed by atoms with Gasteiger partial charge in [0.2, 0.25) is 0 Å². The largest absolute Gasteiger partial charge is 0.361 e. The number of rotatable bonds is 5. The molecule has 3 aromatic rings. The Kier molecular flexibility index (Phi) is 4.40. The molecule has 2 fully saturated rings. The third kappa shape index (κ3) is 3.42. The summed E-state index contributed by atoms with van der Waals surface area (Å²) < 4.78 is 5.31. The normalized spacial score (nSPS) is 22.8. The van der Waals surface area contributed by atoms with Crippen molar-refractivity contribution in [2.45, 2.75) is 38.3 Å². The highest BCUT2D eigenvalue weighted by molar-refractivity contribution is 6.31. The van der Waals surface area contributed by atoms with Crippen molar-refractivity contribution in [2.24, 2.45) is 5.92 Å². The van der Waals surface area contributed by atoms with Crippen LogP contribution in [-0.2, 0) is 6.54 Å². The second-order valence-corrected chi connectivity index (χ2v) is 8.58. The summed E-state index contributed by atoms with van der Waals surface area (Å²) in [6, 6.07) is 7.83. The van der Waals surface area contributed by atoms with E-state index in [1.807, 2.05) is 18.3 Å². The molecule has 0 bridgehead atoms. The Bertz CT molecular complexity index is 1020. The average molecular weight is 399 g/mol. The van der Waals surface area contributed by atoms with Crippen LogP contribution < -0.4 is 5.32 Å². The number of aromatic nitrogens is 2. The van der Waals surface area contributed by atoms with Gasteiger partial charge in [-0.3, -0.25) is 9.69 Å². The fourth-order valence-electron chi connectivity index (χ4n) is 4.11. The first-order chi connectivity index (χ1) is 13.6. The van der Waals surface area contributed by atoms with Crippen LogP contribution >= 0.6 is 11.6 Å². The minimum absolute atomic E-state index is 0.105. The number of benzene rings is 1. The SMILES string of the molecule is C[C@@H]1CN(Cc2c[nH]c3cc(Cl)ccc23)C[C@H]1NC(=O)c1cc(C2CC2)on1. The highest BCUT2D eigenvalue weighted by Crippen LogP contribution is 2.40. The molecule has 2 N–H and O–H groups in total. The molecule has 1 aliphatic carbocycles. The topological polar surface area (TPSA) is 74.2 Å². The number of hydrogen-bond donors (Lipinski definition) is 2. The molecule has 1 aliphatic heterocycles. The first-order valence-corrected chi connectivity index (χ1v) is 10.2. The van der Waals surface area contributed by atoms with Gasteiger partial charge in [-0.2, -0.15) is 0 Å². The van der Waals surface area contributed by atoms with Crippen LogP contribution in [0, 0.1) is 5.92 Å². The second-order valence-electron chi connectivity index (χ2n) is 8.14. The van der Waals surface area contributed by atoms with Gasteiger partial charge < -0.3 is 14.8 Å². The molecular weight excluding hydrogens is 376 g/mol. The summed E-state index contributed by atoms with van der Waals surface area (Å²) in [7, 11) is 0. The monoisotopic (exact) mass is 398 g/mol. The van der Waals surface area contributed by atoms with Crippen molar-refractivity contribution in [3.8, 4) is 0 Å². The maximum atomic E-state index is 12.6. The van der Waals surface area contributed by atoms with Crippen LogP contribution in [0.4, 0.5) is 0 Å². The minimum atomic E-state index is -0.143. The Morgan fingerprint density at radius 1 is 1.36 bits per heavy atom. The summed E-state index contributed by atoms with van der Waals surface area (Å²) in [5.74, 6) is 1.53. The lowest BCUT2D eigenvalue weighted by atomic mass is 10.1. The van der Waals surface area contributed by atoms with E-state index in [-0.39, 0.29) is 11.9 Å². The third-order valence-corrected chi connectivity index (χ3v) is 6.10. The molecule has 3 heterocycles. The van der Waals surface area contributed by atoms with Gasteiger partial charge in [0.25, 0.3) is 5.91 Å². The van der Waals surface area contributed by atoms with Crippen molar-refractivity contribution >= 4 is 28.4 Å². The Labute approximate surface area is 168 Å². The number of likely N-dealkylation sites (tertiary alicyclic amines) is 1. The van der Waals surface area contributed by atoms with E-state index >= 15 is 0 Å². The van der Waals surface area contributed by atoms with Gasteiger partial charge in [0.15, 0.2) is 5.69 Å². The van der Waals surface area contributed by atoms with E-state index in [1.165, 1.54) is 10.9 Å². The van der Waals surface area contributed by atoms with Gasteiger partial charge in [0.05, 0.1) is 0 Å². The number of halogens is 1. The molecule has 5 rings (SSSR count). The lowest BCUT2D eigenvalue weighted by Gasteiger charge is -2.16. The van der Waals surface area contributed by atoms with E-state index in [2.05, 4.69) is 33.3 Å². The first-order valence-electron chi connectivity index (χ1n) is 9.82. The van der Waals surface area contributed by atoms with E-state index in [4.69, 9.17) is 16.1 Å². The number of nitrogens with one attached hydrogen (secondary N) is 2. The molecule has 1 amide bonds. The number of carbonyl (C=O) groups excluding carboxylic acids is 1. The first kappa shape index (κ1) is 17.8. The minimum Gasteiger partial charge on any atom is -0.361 e. The standard InChI is InChI=1S/C21H23ClN4O2/c1-12-9-26(10-14-8-23-17-6-15(22)4-5-16(14)17)11-19(12)24-21(27)18-7-20(28-25-18)13-2-3-13/h4-8,12-13,19,23H,2-3,9-11H2,1H3,(H,24,27)/t12-,19-/m1/s1. The number of nitrogens with zero attached hydrogens (tertiary/aromatic N) is 2. The van der Waals surface area contributed by atoms with Gasteiger partial charge in [-0.1, -0.05) is 29.7 Å². The van der Waals surface area contributed by atoms with Crippen molar-refractivity contribution < 1.29 is 9.32 Å². The van der Waals surface area contributed by atoms with Crippen LogP contribution in [0.3, 0.4) is 0 Å². The highest BCUT2D eigenvalue weighted by Gasteiger charge is 2.33. The lowest BCUT2D eigenvalue weighted by molar-refractivity contribution is 0.0922. The van der Waals surface area contributed by atoms with E-state index in [1.54, 1.807) is 6.07 Å². The van der Waals surface area contributed by atoms with Gasteiger partial charge >= 0.3 is 0 Å². The van der Waals surface area contributed by atoms with Crippen molar-refractivity contribution in [2.75, 3.05) is 13.1 Å². The van der Waals surface area contributed by atoms with Crippen LogP contribution in [0.15, 0.2) is 35.0 Å². The second kappa shape index (κ2) is 6.94. The van der Waals surface area contributed by atoms with Crippen molar-refractivity contribution in [3.05, 3.63) is 52.5 Å². The molecular formula is C21H23ClN4O2. The highest BCUT2D eigenvalue weighted by atomic mass is 35.5. The molecule has 2 aliphatic rings. The summed E-state index contributed by atoms with van der Waals surface area (Å²) in [5.41, 5.74) is 2.69. The van der Waals surface area contributed by atoms with Crippen molar-refractivity contribution in [1.29, 1.82) is 0 Å². The quantitative estimate of drug-likeness (QED) is 0.682. The summed E-state index contributed by atoms with van der Waals surface area (Å²) in [6.45, 7) is 4.78. The maximum absolute atomic E-state index is 12.6. The third-order valence-electron chi connectivity index (χ3n) is 5.87. The van der Waals surface area contributed by atoms with Gasteiger partial charge in [-0.25, -0.2) is 0 Å². The summed E-state index contributed by atoms with van der Waals surface area (Å²) in [5, 5.41) is 9.02. The van der Waals surface area contributed by atoms with Gasteiger partial charge in [-0.05, 0) is 36.5 Å². The van der Waals surface area contributed by atoms with Crippen LogP contribution in [0.5, 0.6) is 0 Å². The fraction of sp³-hybridized carbons (Fsp3) is 0.429. The molecule has 1 saturated heterocycles. The smallest absolute Gasteiger partial charge is 0.273 e. The van der Waals surface area contributed by atoms with E-state index in [0.29, 0.717) is 17.5 Å². The Hall–Kier alpha value is -2.31. The van der Waals surface area contributed by atoms with Crippen LogP contribution in [0.2, 0.25) is 5.02 Å². The van der Waals surface area contributed by atoms with E-state index in [9.17, 15) is 4.79 Å². The average Bonchev–Trinajstić information content (AvgIpc) is 3.11. The summed E-state index contributed by atoms with van der Waals surface area (Å²) in [4.78, 5) is 18.2. The maximum Gasteiger partial charge on any atom is 0.273 e. The number of carbonyl (C=O) groups is 1. The molecule has 1 saturated carbocycles. The molecule has 0 radical (unpaired) electrons. The van der Waals surface area contributed by atoms with E-state index < -0.39 is 0 Å². The molecule has 2 aromatic heterocycles. The predicted octanol–water partition coefficient (Wildman–Crippen LogP) is 3.94. The van der Waals surface area contributed by atoms with E-state index in [0.717, 1.165) is 48.8 Å². The van der Waals surface area contributed by atoms with Crippen LogP contribution in [0.1, 0.15) is 47.5 Å².